The normalized spacial score (nSPS) is 21.6. The third kappa shape index (κ3) is 1.91. The van der Waals surface area contributed by atoms with E-state index in [-0.39, 0.29) is 5.91 Å². The van der Waals surface area contributed by atoms with E-state index in [1.807, 2.05) is 0 Å². The minimum absolute atomic E-state index is 0.198. The van der Waals surface area contributed by atoms with Crippen LogP contribution in [-0.4, -0.2) is 34.6 Å². The van der Waals surface area contributed by atoms with E-state index in [0.29, 0.717) is 34.6 Å². The molecule has 1 aromatic rings. The molecule has 5 heteroatoms. The molecule has 1 aliphatic carbocycles. The predicted molar refractivity (Wildman–Crippen MR) is 70.0 cm³/mol. The van der Waals surface area contributed by atoms with Crippen LogP contribution in [0.1, 0.15) is 23.2 Å². The molecule has 96 valence electrons. The third-order valence-corrected chi connectivity index (χ3v) is 4.36. The number of hydrogen-bond donors (Lipinski definition) is 1. The average Bonchev–Trinajstić information content (AvgIpc) is 3.08. The number of nitrogens with zero attached hydrogens (tertiary/aromatic N) is 1. The molecule has 0 bridgehead atoms. The molecule has 1 aliphatic heterocycles. The Balaban J connectivity index is 1.76. The van der Waals surface area contributed by atoms with Gasteiger partial charge in [0.15, 0.2) is 0 Å². The van der Waals surface area contributed by atoms with Gasteiger partial charge in [0, 0.05) is 0 Å². The SMILES string of the molecule is O=C(c1c(Cl)cccc1Cl)N1CC(O)(C2CC2)C1. The molecule has 0 unspecified atom stereocenters. The zero-order chi connectivity index (χ0) is 12.9. The molecule has 1 N–H and O–H groups in total. The van der Waals surface area contributed by atoms with Crippen molar-refractivity contribution >= 4 is 29.1 Å². The smallest absolute Gasteiger partial charge is 0.257 e. The lowest BCUT2D eigenvalue weighted by Gasteiger charge is -2.47. The fraction of sp³-hybridized carbons (Fsp3) is 0.462. The molecule has 0 atom stereocenters. The molecule has 1 amide bonds. The minimum Gasteiger partial charge on any atom is -0.386 e. The van der Waals surface area contributed by atoms with Gasteiger partial charge in [0.1, 0.15) is 5.60 Å². The number of rotatable bonds is 2. The van der Waals surface area contributed by atoms with Crippen LogP contribution in [0.2, 0.25) is 10.0 Å². The molecule has 1 heterocycles. The molecule has 1 saturated carbocycles. The van der Waals surface area contributed by atoms with Gasteiger partial charge in [-0.2, -0.15) is 0 Å². The zero-order valence-corrected chi connectivity index (χ0v) is 11.2. The monoisotopic (exact) mass is 285 g/mol. The summed E-state index contributed by atoms with van der Waals surface area (Å²) in [4.78, 5) is 13.8. The van der Waals surface area contributed by atoms with Gasteiger partial charge in [-0.25, -0.2) is 0 Å². The molecule has 0 radical (unpaired) electrons. The second-order valence-corrected chi connectivity index (χ2v) is 5.95. The van der Waals surface area contributed by atoms with E-state index >= 15 is 0 Å². The van der Waals surface area contributed by atoms with E-state index in [1.165, 1.54) is 0 Å². The van der Waals surface area contributed by atoms with Gasteiger partial charge < -0.3 is 10.0 Å². The number of aliphatic hydroxyl groups is 1. The van der Waals surface area contributed by atoms with Crippen LogP contribution in [0, 0.1) is 5.92 Å². The Hall–Kier alpha value is -0.770. The number of carbonyl (C=O) groups is 1. The Morgan fingerprint density at radius 3 is 2.33 bits per heavy atom. The molecule has 18 heavy (non-hydrogen) atoms. The Labute approximate surface area is 115 Å². The fourth-order valence-corrected chi connectivity index (χ4v) is 3.06. The first-order chi connectivity index (χ1) is 8.51. The lowest BCUT2D eigenvalue weighted by Crippen LogP contribution is -2.64. The second-order valence-electron chi connectivity index (χ2n) is 5.14. The summed E-state index contributed by atoms with van der Waals surface area (Å²) in [6, 6.07) is 5.00. The quantitative estimate of drug-likeness (QED) is 0.907. The lowest BCUT2D eigenvalue weighted by molar-refractivity contribution is -0.0958. The number of halogens is 2. The van der Waals surface area contributed by atoms with Crippen LogP contribution in [0.25, 0.3) is 0 Å². The summed E-state index contributed by atoms with van der Waals surface area (Å²) < 4.78 is 0. The number of amides is 1. The molecule has 1 aromatic carbocycles. The van der Waals surface area contributed by atoms with Crippen molar-refractivity contribution in [1.82, 2.24) is 4.90 Å². The van der Waals surface area contributed by atoms with Crippen molar-refractivity contribution in [2.24, 2.45) is 5.92 Å². The third-order valence-electron chi connectivity index (χ3n) is 3.73. The van der Waals surface area contributed by atoms with Crippen LogP contribution < -0.4 is 0 Å². The molecule has 3 rings (SSSR count). The van der Waals surface area contributed by atoms with E-state index in [2.05, 4.69) is 0 Å². The van der Waals surface area contributed by atoms with E-state index in [4.69, 9.17) is 23.2 Å². The fourth-order valence-electron chi connectivity index (χ4n) is 2.50. The van der Waals surface area contributed by atoms with E-state index in [9.17, 15) is 9.90 Å². The van der Waals surface area contributed by atoms with Gasteiger partial charge in [-0.05, 0) is 30.9 Å². The highest BCUT2D eigenvalue weighted by Gasteiger charge is 2.53. The standard InChI is InChI=1S/C13H13Cl2NO2/c14-9-2-1-3-10(15)11(9)12(17)16-6-13(18,7-16)8-4-5-8/h1-3,8,18H,4-7H2. The average molecular weight is 286 g/mol. The number of carbonyl (C=O) groups excluding carboxylic acids is 1. The molecular weight excluding hydrogens is 273 g/mol. The van der Waals surface area contributed by atoms with E-state index in [1.54, 1.807) is 23.1 Å². The zero-order valence-electron chi connectivity index (χ0n) is 9.70. The van der Waals surface area contributed by atoms with E-state index < -0.39 is 5.60 Å². The largest absolute Gasteiger partial charge is 0.386 e. The highest BCUT2D eigenvalue weighted by molar-refractivity contribution is 6.39. The first-order valence-electron chi connectivity index (χ1n) is 5.97. The molecule has 1 saturated heterocycles. The highest BCUT2D eigenvalue weighted by Crippen LogP contribution is 2.45. The van der Waals surface area contributed by atoms with Gasteiger partial charge in [0.25, 0.3) is 5.91 Å². The molecule has 2 fully saturated rings. The van der Waals surface area contributed by atoms with Crippen molar-refractivity contribution in [1.29, 1.82) is 0 Å². The molecule has 3 nitrogen and oxygen atoms in total. The van der Waals surface area contributed by atoms with Gasteiger partial charge in [0.2, 0.25) is 0 Å². The molecule has 0 aromatic heterocycles. The first-order valence-corrected chi connectivity index (χ1v) is 6.72. The molecule has 2 aliphatic rings. The number of benzene rings is 1. The highest BCUT2D eigenvalue weighted by atomic mass is 35.5. The summed E-state index contributed by atoms with van der Waals surface area (Å²) in [5, 5.41) is 10.9. The summed E-state index contributed by atoms with van der Waals surface area (Å²) in [5.41, 5.74) is -0.345. The number of hydrogen-bond acceptors (Lipinski definition) is 2. The summed E-state index contributed by atoms with van der Waals surface area (Å²) in [6.45, 7) is 0.774. The van der Waals surface area contributed by atoms with Gasteiger partial charge in [-0.3, -0.25) is 4.79 Å². The summed E-state index contributed by atoms with van der Waals surface area (Å²) in [7, 11) is 0. The van der Waals surface area contributed by atoms with Crippen molar-refractivity contribution in [3.05, 3.63) is 33.8 Å². The van der Waals surface area contributed by atoms with Crippen LogP contribution >= 0.6 is 23.2 Å². The maximum atomic E-state index is 12.2. The topological polar surface area (TPSA) is 40.5 Å². The van der Waals surface area contributed by atoms with Gasteiger partial charge in [-0.15, -0.1) is 0 Å². The summed E-state index contributed by atoms with van der Waals surface area (Å²) in [5.74, 6) is 0.166. The van der Waals surface area contributed by atoms with Crippen molar-refractivity contribution in [3.63, 3.8) is 0 Å². The minimum atomic E-state index is -0.677. The first kappa shape index (κ1) is 12.3. The summed E-state index contributed by atoms with van der Waals surface area (Å²) >= 11 is 12.0. The maximum absolute atomic E-state index is 12.2. The van der Waals surface area contributed by atoms with E-state index in [0.717, 1.165) is 12.8 Å². The van der Waals surface area contributed by atoms with Gasteiger partial charge in [-0.1, -0.05) is 29.3 Å². The van der Waals surface area contributed by atoms with Crippen LogP contribution in [0.3, 0.4) is 0 Å². The maximum Gasteiger partial charge on any atom is 0.257 e. The molecular formula is C13H13Cl2NO2. The lowest BCUT2D eigenvalue weighted by atomic mass is 9.88. The van der Waals surface area contributed by atoms with Crippen LogP contribution in [0.4, 0.5) is 0 Å². The van der Waals surface area contributed by atoms with Crippen LogP contribution in [0.5, 0.6) is 0 Å². The second kappa shape index (κ2) is 4.12. The van der Waals surface area contributed by atoms with Crippen molar-refractivity contribution < 1.29 is 9.90 Å². The van der Waals surface area contributed by atoms with Crippen LogP contribution in [-0.2, 0) is 0 Å². The van der Waals surface area contributed by atoms with Gasteiger partial charge >= 0.3 is 0 Å². The van der Waals surface area contributed by atoms with Gasteiger partial charge in [0.05, 0.1) is 28.7 Å². The van der Waals surface area contributed by atoms with Crippen molar-refractivity contribution in [3.8, 4) is 0 Å². The number of β-amino-alcohol motifs (C(OH)–C–C–N with tert-alkyl or cyclic N) is 1. The Bertz CT molecular complexity index is 487. The Morgan fingerprint density at radius 1 is 1.28 bits per heavy atom. The van der Waals surface area contributed by atoms with Crippen LogP contribution in [0.15, 0.2) is 18.2 Å². The Kier molecular flexibility index (Phi) is 2.81. The molecule has 0 spiro atoms. The number of likely N-dealkylation sites (tertiary alicyclic amines) is 1. The summed E-state index contributed by atoms with van der Waals surface area (Å²) in [6.07, 6.45) is 2.12. The van der Waals surface area contributed by atoms with Crippen molar-refractivity contribution in [2.75, 3.05) is 13.1 Å². The predicted octanol–water partition coefficient (Wildman–Crippen LogP) is 2.59. The van der Waals surface area contributed by atoms with Crippen molar-refractivity contribution in [2.45, 2.75) is 18.4 Å². The Morgan fingerprint density at radius 2 is 1.83 bits per heavy atom.